The van der Waals surface area contributed by atoms with Crippen LogP contribution < -0.4 is 10.9 Å². The Hall–Kier alpha value is -1.01. The summed E-state index contributed by atoms with van der Waals surface area (Å²) >= 11 is 3.21. The molecule has 6 heteroatoms. The number of aromatic amines is 1. The summed E-state index contributed by atoms with van der Waals surface area (Å²) < 4.78 is 5.22. The van der Waals surface area contributed by atoms with E-state index in [2.05, 4.69) is 25.7 Å². The maximum atomic E-state index is 10.9. The molecule has 0 fully saturated rings. The summed E-state index contributed by atoms with van der Waals surface area (Å²) in [5.74, 6) is 5.84. The molecule has 66 valence electrons. The zero-order valence-electron chi connectivity index (χ0n) is 6.37. The summed E-state index contributed by atoms with van der Waals surface area (Å²) in [7, 11) is 1.26. The molecular weight excluding hydrogens is 226 g/mol. The first-order valence-electron chi connectivity index (χ1n) is 3.12. The molecule has 0 spiro atoms. The van der Waals surface area contributed by atoms with Crippen molar-refractivity contribution in [2.75, 3.05) is 12.1 Å². The highest BCUT2D eigenvalue weighted by atomic mass is 79.9. The van der Waals surface area contributed by atoms with Crippen molar-refractivity contribution in [1.29, 1.82) is 0 Å². The summed E-state index contributed by atoms with van der Waals surface area (Å²) in [5, 5.41) is 0.880. The van der Waals surface area contributed by atoms with E-state index in [4.69, 9.17) is 5.84 Å². The van der Waals surface area contributed by atoms with Gasteiger partial charge in [0, 0.05) is 10.7 Å². The smallest absolute Gasteiger partial charge is 0.429 e. The molecule has 0 aliphatic carbocycles. The number of rotatable bonds is 1. The van der Waals surface area contributed by atoms with Crippen LogP contribution in [0.5, 0.6) is 0 Å². The number of nitrogens with one attached hydrogen (secondary N) is 1. The number of hydrogen-bond acceptors (Lipinski definition) is 3. The van der Waals surface area contributed by atoms with Gasteiger partial charge in [0.2, 0.25) is 0 Å². The van der Waals surface area contributed by atoms with E-state index in [1.165, 1.54) is 7.11 Å². The van der Waals surface area contributed by atoms with Crippen molar-refractivity contribution >= 4 is 27.8 Å². The SMILES string of the molecule is COC(=O)N(N)c1cc(Br)c[nH]1. The molecular formula is C6H8BrN3O2. The average Bonchev–Trinajstić information content (AvgIpc) is 2.49. The predicted molar refractivity (Wildman–Crippen MR) is 47.6 cm³/mol. The number of hydrazine groups is 1. The number of amides is 1. The molecule has 0 saturated carbocycles. The normalized spacial score (nSPS) is 9.58. The summed E-state index contributed by atoms with van der Waals surface area (Å²) in [6.07, 6.45) is 1.04. The molecule has 1 aromatic rings. The standard InChI is InChI=1S/C6H8BrN3O2/c1-12-6(11)10(8)5-2-4(7)3-9-5/h2-3,9H,8H2,1H3. The van der Waals surface area contributed by atoms with E-state index in [1.54, 1.807) is 12.3 Å². The Balaban J connectivity index is 2.77. The summed E-state index contributed by atoms with van der Waals surface area (Å²) in [5.41, 5.74) is 0. The van der Waals surface area contributed by atoms with Gasteiger partial charge in [-0.2, -0.15) is 5.01 Å². The van der Waals surface area contributed by atoms with Gasteiger partial charge in [0.25, 0.3) is 0 Å². The van der Waals surface area contributed by atoms with Crippen LogP contribution in [0.1, 0.15) is 0 Å². The van der Waals surface area contributed by atoms with Crippen LogP contribution in [-0.2, 0) is 4.74 Å². The number of carbonyl (C=O) groups excluding carboxylic acids is 1. The number of aromatic nitrogens is 1. The van der Waals surface area contributed by atoms with Crippen molar-refractivity contribution in [3.05, 3.63) is 16.7 Å². The number of nitrogens with zero attached hydrogens (tertiary/aromatic N) is 1. The van der Waals surface area contributed by atoms with Gasteiger partial charge in [0.15, 0.2) is 0 Å². The highest BCUT2D eigenvalue weighted by molar-refractivity contribution is 9.10. The lowest BCUT2D eigenvalue weighted by Gasteiger charge is -2.11. The minimum atomic E-state index is -0.621. The molecule has 1 aromatic heterocycles. The van der Waals surface area contributed by atoms with Gasteiger partial charge in [-0.05, 0) is 22.0 Å². The Kier molecular flexibility index (Phi) is 2.72. The Labute approximate surface area is 77.6 Å². The molecule has 12 heavy (non-hydrogen) atoms. The molecule has 0 unspecified atom stereocenters. The fraction of sp³-hybridized carbons (Fsp3) is 0.167. The van der Waals surface area contributed by atoms with E-state index in [-0.39, 0.29) is 0 Å². The Morgan fingerprint density at radius 2 is 2.50 bits per heavy atom. The largest absolute Gasteiger partial charge is 0.452 e. The summed E-state index contributed by atoms with van der Waals surface area (Å²) in [6.45, 7) is 0. The zero-order chi connectivity index (χ0) is 9.14. The molecule has 0 radical (unpaired) electrons. The van der Waals surface area contributed by atoms with Gasteiger partial charge in [0.05, 0.1) is 7.11 Å². The van der Waals surface area contributed by atoms with Crippen LogP contribution >= 0.6 is 15.9 Å². The quantitative estimate of drug-likeness (QED) is 0.436. The third kappa shape index (κ3) is 1.77. The predicted octanol–water partition coefficient (Wildman–Crippen LogP) is 1.22. The number of nitrogens with two attached hydrogens (primary N) is 1. The number of hydrogen-bond donors (Lipinski definition) is 2. The second kappa shape index (κ2) is 3.59. The van der Waals surface area contributed by atoms with Crippen molar-refractivity contribution in [1.82, 2.24) is 4.98 Å². The molecule has 3 N–H and O–H groups in total. The first kappa shape index (κ1) is 9.08. The second-order valence-electron chi connectivity index (χ2n) is 2.04. The van der Waals surface area contributed by atoms with E-state index in [9.17, 15) is 4.79 Å². The van der Waals surface area contributed by atoms with Crippen LogP contribution in [0.15, 0.2) is 16.7 Å². The molecule has 0 atom stereocenters. The highest BCUT2D eigenvalue weighted by Gasteiger charge is 2.12. The first-order valence-corrected chi connectivity index (χ1v) is 3.91. The van der Waals surface area contributed by atoms with Crippen LogP contribution in [0.25, 0.3) is 0 Å². The van der Waals surface area contributed by atoms with E-state index in [0.29, 0.717) is 5.82 Å². The molecule has 1 amide bonds. The number of carbonyl (C=O) groups is 1. The Morgan fingerprint density at radius 3 is 2.92 bits per heavy atom. The van der Waals surface area contributed by atoms with Crippen LogP contribution in [0.2, 0.25) is 0 Å². The summed E-state index contributed by atoms with van der Waals surface area (Å²) in [4.78, 5) is 13.6. The van der Waals surface area contributed by atoms with Crippen LogP contribution in [0.3, 0.4) is 0 Å². The summed E-state index contributed by atoms with van der Waals surface area (Å²) in [6, 6.07) is 1.66. The first-order chi connectivity index (χ1) is 5.65. The maximum Gasteiger partial charge on any atom is 0.429 e. The van der Waals surface area contributed by atoms with Crippen molar-refractivity contribution in [2.24, 2.45) is 5.84 Å². The van der Waals surface area contributed by atoms with Gasteiger partial charge in [-0.3, -0.25) is 0 Å². The van der Waals surface area contributed by atoms with Gasteiger partial charge in [-0.1, -0.05) is 0 Å². The lowest BCUT2D eigenvalue weighted by molar-refractivity contribution is 0.178. The monoisotopic (exact) mass is 233 g/mol. The number of anilines is 1. The van der Waals surface area contributed by atoms with Crippen molar-refractivity contribution in [3.8, 4) is 0 Å². The molecule has 0 aliphatic heterocycles. The number of methoxy groups -OCH3 is 1. The molecule has 1 heterocycles. The van der Waals surface area contributed by atoms with Gasteiger partial charge >= 0.3 is 6.09 Å². The second-order valence-corrected chi connectivity index (χ2v) is 2.96. The van der Waals surface area contributed by atoms with Crippen LogP contribution in [-0.4, -0.2) is 18.2 Å². The van der Waals surface area contributed by atoms with Crippen molar-refractivity contribution in [3.63, 3.8) is 0 Å². The van der Waals surface area contributed by atoms with E-state index in [1.807, 2.05) is 0 Å². The zero-order valence-corrected chi connectivity index (χ0v) is 7.96. The number of ether oxygens (including phenoxy) is 1. The van der Waals surface area contributed by atoms with Gasteiger partial charge < -0.3 is 9.72 Å². The topological polar surface area (TPSA) is 71.3 Å². The molecule has 0 aromatic carbocycles. The maximum absolute atomic E-state index is 10.9. The van der Waals surface area contributed by atoms with E-state index < -0.39 is 6.09 Å². The molecule has 0 bridgehead atoms. The van der Waals surface area contributed by atoms with Crippen molar-refractivity contribution in [2.45, 2.75) is 0 Å². The fourth-order valence-electron chi connectivity index (χ4n) is 0.693. The Bertz CT molecular complexity index is 286. The number of H-pyrrole nitrogens is 1. The Morgan fingerprint density at radius 1 is 1.83 bits per heavy atom. The lowest BCUT2D eigenvalue weighted by atomic mass is 10.6. The fourth-order valence-corrected chi connectivity index (χ4v) is 1.02. The molecule has 5 nitrogen and oxygen atoms in total. The average molecular weight is 234 g/mol. The molecule has 0 saturated heterocycles. The number of halogens is 1. The van der Waals surface area contributed by atoms with Gasteiger partial charge in [0.1, 0.15) is 5.82 Å². The third-order valence-electron chi connectivity index (χ3n) is 1.26. The van der Waals surface area contributed by atoms with Crippen LogP contribution in [0, 0.1) is 0 Å². The highest BCUT2D eigenvalue weighted by Crippen LogP contribution is 2.16. The lowest BCUT2D eigenvalue weighted by Crippen LogP contribution is -2.37. The van der Waals surface area contributed by atoms with Crippen LogP contribution in [0.4, 0.5) is 10.6 Å². The van der Waals surface area contributed by atoms with Gasteiger partial charge in [-0.25, -0.2) is 10.6 Å². The minimum Gasteiger partial charge on any atom is -0.452 e. The third-order valence-corrected chi connectivity index (χ3v) is 1.72. The minimum absolute atomic E-state index is 0.466. The van der Waals surface area contributed by atoms with E-state index >= 15 is 0 Å². The molecule has 1 rings (SSSR count). The van der Waals surface area contributed by atoms with E-state index in [0.717, 1.165) is 9.48 Å². The van der Waals surface area contributed by atoms with Gasteiger partial charge in [-0.15, -0.1) is 0 Å². The van der Waals surface area contributed by atoms with Crippen molar-refractivity contribution < 1.29 is 9.53 Å². The molecule has 0 aliphatic rings.